The number of carbonyl (C=O) groups is 1. The number of nitrogens with one attached hydrogen (secondary N) is 1. The molecule has 0 aliphatic carbocycles. The highest BCUT2D eigenvalue weighted by Gasteiger charge is 2.16. The Kier molecular flexibility index (Phi) is 10.0. The van der Waals surface area contributed by atoms with Crippen molar-refractivity contribution < 1.29 is 9.18 Å². The van der Waals surface area contributed by atoms with Gasteiger partial charge in [0.05, 0.1) is 12.1 Å². The lowest BCUT2D eigenvalue weighted by Crippen LogP contribution is -2.18. The van der Waals surface area contributed by atoms with Gasteiger partial charge in [0.2, 0.25) is 5.91 Å². The number of aryl methyl sites for hydroxylation is 1. The lowest BCUT2D eigenvalue weighted by Gasteiger charge is -2.19. The molecule has 1 atom stereocenters. The van der Waals surface area contributed by atoms with Crippen LogP contribution in [0.5, 0.6) is 0 Å². The molecule has 0 bridgehead atoms. The maximum absolute atomic E-state index is 15.0. The van der Waals surface area contributed by atoms with E-state index in [9.17, 15) is 9.18 Å². The number of pyridine rings is 2. The van der Waals surface area contributed by atoms with Gasteiger partial charge in [-0.15, -0.1) is 0 Å². The van der Waals surface area contributed by atoms with Gasteiger partial charge in [-0.1, -0.05) is 58.0 Å². The van der Waals surface area contributed by atoms with Crippen LogP contribution < -0.4 is 5.32 Å². The van der Waals surface area contributed by atoms with Gasteiger partial charge in [0.1, 0.15) is 11.6 Å². The summed E-state index contributed by atoms with van der Waals surface area (Å²) in [6.07, 6.45) is 7.63. The predicted molar refractivity (Wildman–Crippen MR) is 160 cm³/mol. The fourth-order valence-corrected chi connectivity index (χ4v) is 4.09. The number of carbonyl (C=O) groups excluding carboxylic acids is 1. The Morgan fingerprint density at radius 1 is 1.15 bits per heavy atom. The Hall–Kier alpha value is -3.93. The second kappa shape index (κ2) is 13.2. The Morgan fingerprint density at radius 3 is 2.59 bits per heavy atom. The van der Waals surface area contributed by atoms with Crippen molar-refractivity contribution in [3.8, 4) is 0 Å². The number of halogens is 1. The Morgan fingerprint density at radius 2 is 1.92 bits per heavy atom. The number of hydrogen-bond donors (Lipinski definition) is 1. The summed E-state index contributed by atoms with van der Waals surface area (Å²) < 4.78 is 15.0. The molecule has 2 aromatic heterocycles. The summed E-state index contributed by atoms with van der Waals surface area (Å²) in [7, 11) is 0. The molecule has 3 rings (SSSR count). The maximum Gasteiger partial charge on any atom is 0.230 e. The summed E-state index contributed by atoms with van der Waals surface area (Å²) >= 11 is 0. The van der Waals surface area contributed by atoms with Crippen LogP contribution in [-0.4, -0.2) is 28.1 Å². The molecular weight excluding hydrogens is 487 g/mol. The lowest BCUT2D eigenvalue weighted by molar-refractivity contribution is -0.115. The van der Waals surface area contributed by atoms with Gasteiger partial charge in [-0.25, -0.2) is 9.37 Å². The third kappa shape index (κ3) is 8.81. The van der Waals surface area contributed by atoms with Crippen LogP contribution in [0.15, 0.2) is 77.9 Å². The molecule has 1 amide bonds. The van der Waals surface area contributed by atoms with Gasteiger partial charge in [-0.3, -0.25) is 14.8 Å². The number of aromatic nitrogens is 2. The number of hydrogen-bond acceptors (Lipinski definition) is 4. The molecule has 204 valence electrons. The molecule has 39 heavy (non-hydrogen) atoms. The molecule has 1 aromatic carbocycles. The van der Waals surface area contributed by atoms with Crippen molar-refractivity contribution in [3.63, 3.8) is 0 Å². The van der Waals surface area contributed by atoms with E-state index in [1.54, 1.807) is 12.3 Å². The summed E-state index contributed by atoms with van der Waals surface area (Å²) in [4.78, 5) is 26.2. The van der Waals surface area contributed by atoms with Crippen LogP contribution in [0, 0.1) is 12.7 Å². The number of benzene rings is 1. The van der Waals surface area contributed by atoms with E-state index in [0.29, 0.717) is 17.9 Å². The van der Waals surface area contributed by atoms with Gasteiger partial charge >= 0.3 is 0 Å². The van der Waals surface area contributed by atoms with Crippen LogP contribution in [0.1, 0.15) is 75.5 Å². The Bertz CT molecular complexity index is 1400. The van der Waals surface area contributed by atoms with Crippen LogP contribution in [-0.2, 0) is 16.6 Å². The average Bonchev–Trinajstić information content (AvgIpc) is 2.88. The summed E-state index contributed by atoms with van der Waals surface area (Å²) in [5, 5.41) is 2.79. The van der Waals surface area contributed by atoms with Crippen LogP contribution in [0.3, 0.4) is 0 Å². The van der Waals surface area contributed by atoms with Gasteiger partial charge in [0.15, 0.2) is 0 Å². The third-order valence-corrected chi connectivity index (χ3v) is 6.40. The number of aliphatic imine (C=N–C) groups is 1. The topological polar surface area (TPSA) is 67.2 Å². The largest absolute Gasteiger partial charge is 0.310 e. The van der Waals surface area contributed by atoms with Crippen LogP contribution in [0.25, 0.3) is 5.57 Å². The highest BCUT2D eigenvalue weighted by molar-refractivity contribution is 6.00. The van der Waals surface area contributed by atoms with E-state index in [2.05, 4.69) is 36.1 Å². The second-order valence-electron chi connectivity index (χ2n) is 10.9. The molecule has 0 saturated heterocycles. The second-order valence-corrected chi connectivity index (χ2v) is 10.9. The molecule has 6 heteroatoms. The highest BCUT2D eigenvalue weighted by atomic mass is 19.1. The first-order chi connectivity index (χ1) is 18.5. The molecule has 0 aliphatic rings. The molecule has 3 aromatic rings. The molecule has 1 N–H and O–H groups in total. The van der Waals surface area contributed by atoms with Crippen molar-refractivity contribution >= 4 is 23.0 Å². The summed E-state index contributed by atoms with van der Waals surface area (Å²) in [6, 6.07) is 14.8. The molecule has 0 spiro atoms. The minimum atomic E-state index is -0.396. The fourth-order valence-electron chi connectivity index (χ4n) is 4.09. The van der Waals surface area contributed by atoms with E-state index in [4.69, 9.17) is 4.99 Å². The first-order valence-corrected chi connectivity index (χ1v) is 13.3. The zero-order valence-corrected chi connectivity index (χ0v) is 24.0. The molecule has 0 aliphatic heterocycles. The average molecular weight is 527 g/mol. The van der Waals surface area contributed by atoms with E-state index in [1.165, 1.54) is 6.07 Å². The van der Waals surface area contributed by atoms with E-state index >= 15 is 0 Å². The van der Waals surface area contributed by atoms with Crippen LogP contribution >= 0.6 is 0 Å². The van der Waals surface area contributed by atoms with Gasteiger partial charge in [-0.2, -0.15) is 0 Å². The van der Waals surface area contributed by atoms with Crippen molar-refractivity contribution in [1.82, 2.24) is 9.97 Å². The molecule has 0 fully saturated rings. The smallest absolute Gasteiger partial charge is 0.230 e. The zero-order chi connectivity index (χ0) is 28.6. The number of anilines is 1. The van der Waals surface area contributed by atoms with Crippen molar-refractivity contribution in [2.75, 3.05) is 11.9 Å². The molecule has 2 heterocycles. The van der Waals surface area contributed by atoms with Gasteiger partial charge < -0.3 is 5.32 Å². The number of rotatable bonds is 9. The number of nitrogens with zero attached hydrogens (tertiary/aromatic N) is 3. The molecule has 5 nitrogen and oxygen atoms in total. The SMILES string of the molecule is C\C=C/C(=C\C(C)=N\CC(C)c1ccc(CC(=O)Nc2cc(C(C)(C)C)ccn2)c(F)c1)c1cccc(C)n1. The standard InChI is InChI=1S/C33H39FN4O/c1-8-10-27(30-12-9-11-23(3)37-30)17-24(4)36-21-22(2)25-13-14-26(29(34)18-25)19-32(39)38-31-20-28(15-16-35-31)33(5,6)7/h8-18,20,22H,19,21H2,1-7H3,(H,35,38,39)/b10-8-,27-17+,36-24+. The molecule has 1 unspecified atom stereocenters. The first kappa shape index (κ1) is 29.6. The summed E-state index contributed by atoms with van der Waals surface area (Å²) in [5.41, 5.74) is 5.91. The molecule has 0 saturated carbocycles. The van der Waals surface area contributed by atoms with Crippen molar-refractivity contribution in [1.29, 1.82) is 0 Å². The van der Waals surface area contributed by atoms with Crippen molar-refractivity contribution in [2.45, 2.75) is 66.2 Å². The van der Waals surface area contributed by atoms with Crippen molar-refractivity contribution in [3.05, 3.63) is 107 Å². The minimum Gasteiger partial charge on any atom is -0.310 e. The zero-order valence-electron chi connectivity index (χ0n) is 24.0. The van der Waals surface area contributed by atoms with Crippen molar-refractivity contribution in [2.24, 2.45) is 4.99 Å². The van der Waals surface area contributed by atoms with Crippen LogP contribution in [0.2, 0.25) is 0 Å². The minimum absolute atomic E-state index is 0.0114. The van der Waals surface area contributed by atoms with E-state index in [-0.39, 0.29) is 23.7 Å². The molecule has 0 radical (unpaired) electrons. The summed E-state index contributed by atoms with van der Waals surface area (Å²) in [6.45, 7) is 14.7. The van der Waals surface area contributed by atoms with Gasteiger partial charge in [0.25, 0.3) is 0 Å². The van der Waals surface area contributed by atoms with E-state index in [0.717, 1.165) is 33.8 Å². The maximum atomic E-state index is 15.0. The molecular formula is C33H39FN4O. The monoisotopic (exact) mass is 526 g/mol. The Labute approximate surface area is 232 Å². The highest BCUT2D eigenvalue weighted by Crippen LogP contribution is 2.24. The van der Waals surface area contributed by atoms with E-state index < -0.39 is 5.82 Å². The fraction of sp³-hybridized carbons (Fsp3) is 0.333. The number of allylic oxidation sites excluding steroid dienone is 4. The quantitative estimate of drug-likeness (QED) is 0.230. The summed E-state index contributed by atoms with van der Waals surface area (Å²) in [5.74, 6) is -0.221. The predicted octanol–water partition coefficient (Wildman–Crippen LogP) is 7.63. The Balaban J connectivity index is 1.65. The van der Waals surface area contributed by atoms with Gasteiger partial charge in [-0.05, 0) is 79.3 Å². The number of amides is 1. The normalized spacial score (nSPS) is 13.5. The van der Waals surface area contributed by atoms with E-state index in [1.807, 2.05) is 82.3 Å². The van der Waals surface area contributed by atoms with Gasteiger partial charge in [0, 0.05) is 35.6 Å². The third-order valence-electron chi connectivity index (χ3n) is 6.40. The first-order valence-electron chi connectivity index (χ1n) is 13.3. The van der Waals surface area contributed by atoms with Crippen LogP contribution in [0.4, 0.5) is 10.2 Å². The lowest BCUT2D eigenvalue weighted by atomic mass is 9.88.